The molecule has 3 N–H and O–H groups in total. The Kier molecular flexibility index (Phi) is 4.92. The minimum absolute atomic E-state index is 0.271. The molecule has 0 aliphatic carbocycles. The van der Waals surface area contributed by atoms with Crippen molar-refractivity contribution in [3.05, 3.63) is 47.5 Å². The molecule has 146 valence electrons. The van der Waals surface area contributed by atoms with Gasteiger partial charge in [-0.05, 0) is 29.7 Å². The number of para-hydroxylation sites is 1. The average Bonchev–Trinajstić information content (AvgIpc) is 3.09. The monoisotopic (exact) mass is 380 g/mol. The smallest absolute Gasteiger partial charge is 0.337 e. The summed E-state index contributed by atoms with van der Waals surface area (Å²) in [4.78, 5) is 21.7. The number of aromatic nitrogens is 2. The van der Waals surface area contributed by atoms with Gasteiger partial charge in [-0.25, -0.2) is 9.78 Å². The first-order valence-electron chi connectivity index (χ1n) is 9.48. The number of ether oxygens (including phenoxy) is 1. The van der Waals surface area contributed by atoms with E-state index in [1.807, 2.05) is 29.2 Å². The second-order valence-corrected chi connectivity index (χ2v) is 7.24. The molecule has 28 heavy (non-hydrogen) atoms. The maximum absolute atomic E-state index is 11.8. The standard InChI is InChI=1S/C21H24N4O3/c1-13(2)14-5-3-4-6-16(14)22-21-23-17-11-15(20(26)27)19(12-18(17)24-21)25-7-9-28-10-8-25/h3-6,11-13H,7-10H2,1-2H3,(H,26,27)(H2,22,23,24). The predicted molar refractivity (Wildman–Crippen MR) is 110 cm³/mol. The molecular weight excluding hydrogens is 356 g/mol. The number of carboxylic acid groups (broad SMARTS) is 1. The normalized spacial score (nSPS) is 14.6. The molecule has 0 atom stereocenters. The summed E-state index contributed by atoms with van der Waals surface area (Å²) in [5.74, 6) is 0.0239. The number of benzene rings is 2. The van der Waals surface area contributed by atoms with Crippen LogP contribution in [-0.4, -0.2) is 47.3 Å². The van der Waals surface area contributed by atoms with E-state index in [9.17, 15) is 9.90 Å². The maximum atomic E-state index is 11.8. The number of hydrogen-bond acceptors (Lipinski definition) is 5. The largest absolute Gasteiger partial charge is 0.478 e. The van der Waals surface area contributed by atoms with Gasteiger partial charge in [-0.15, -0.1) is 0 Å². The topological polar surface area (TPSA) is 90.5 Å². The fourth-order valence-electron chi connectivity index (χ4n) is 3.58. The van der Waals surface area contributed by atoms with Gasteiger partial charge in [0.1, 0.15) is 0 Å². The van der Waals surface area contributed by atoms with Crippen LogP contribution in [0.4, 0.5) is 17.3 Å². The average molecular weight is 380 g/mol. The van der Waals surface area contributed by atoms with Crippen LogP contribution in [0.5, 0.6) is 0 Å². The zero-order valence-corrected chi connectivity index (χ0v) is 16.0. The summed E-state index contributed by atoms with van der Waals surface area (Å²) in [6.45, 7) is 6.82. The third-order valence-electron chi connectivity index (χ3n) is 5.02. The highest BCUT2D eigenvalue weighted by Crippen LogP contribution is 2.30. The molecule has 0 bridgehead atoms. The fourth-order valence-corrected chi connectivity index (χ4v) is 3.58. The molecule has 7 nitrogen and oxygen atoms in total. The van der Waals surface area contributed by atoms with Crippen LogP contribution < -0.4 is 10.2 Å². The SMILES string of the molecule is CC(C)c1ccccc1Nc1nc2cc(N3CCOCC3)c(C(=O)O)cc2[nH]1. The van der Waals surface area contributed by atoms with Crippen molar-refractivity contribution in [3.8, 4) is 0 Å². The van der Waals surface area contributed by atoms with Gasteiger partial charge in [-0.2, -0.15) is 0 Å². The van der Waals surface area contributed by atoms with Gasteiger partial charge >= 0.3 is 5.97 Å². The van der Waals surface area contributed by atoms with Crippen LogP contribution >= 0.6 is 0 Å². The molecule has 3 aromatic rings. The predicted octanol–water partition coefficient (Wildman–Crippen LogP) is 3.96. The van der Waals surface area contributed by atoms with E-state index in [-0.39, 0.29) is 5.56 Å². The lowest BCUT2D eigenvalue weighted by molar-refractivity contribution is 0.0696. The highest BCUT2D eigenvalue weighted by molar-refractivity contribution is 6.00. The molecule has 0 radical (unpaired) electrons. The molecule has 1 fully saturated rings. The van der Waals surface area contributed by atoms with Gasteiger partial charge in [0.05, 0.1) is 35.5 Å². The third kappa shape index (κ3) is 3.53. The Balaban J connectivity index is 1.72. The van der Waals surface area contributed by atoms with Crippen molar-refractivity contribution in [2.24, 2.45) is 0 Å². The molecule has 2 aromatic carbocycles. The molecule has 1 aliphatic rings. The minimum atomic E-state index is -0.947. The number of carboxylic acids is 1. The second kappa shape index (κ2) is 7.52. The van der Waals surface area contributed by atoms with E-state index in [4.69, 9.17) is 4.74 Å². The Morgan fingerprint density at radius 2 is 2.00 bits per heavy atom. The van der Waals surface area contributed by atoms with E-state index < -0.39 is 5.97 Å². The highest BCUT2D eigenvalue weighted by Gasteiger charge is 2.21. The molecule has 0 spiro atoms. The number of rotatable bonds is 5. The summed E-state index contributed by atoms with van der Waals surface area (Å²) in [5.41, 5.74) is 4.57. The van der Waals surface area contributed by atoms with E-state index in [1.54, 1.807) is 6.07 Å². The molecule has 7 heteroatoms. The van der Waals surface area contributed by atoms with Crippen molar-refractivity contribution in [1.82, 2.24) is 9.97 Å². The fraction of sp³-hybridized carbons (Fsp3) is 0.333. The van der Waals surface area contributed by atoms with Crippen molar-refractivity contribution in [3.63, 3.8) is 0 Å². The summed E-state index contributed by atoms with van der Waals surface area (Å²) in [6.07, 6.45) is 0. The van der Waals surface area contributed by atoms with Crippen molar-refractivity contribution in [1.29, 1.82) is 0 Å². The van der Waals surface area contributed by atoms with E-state index in [1.165, 1.54) is 5.56 Å². The highest BCUT2D eigenvalue weighted by atomic mass is 16.5. The molecule has 0 saturated carbocycles. The number of fused-ring (bicyclic) bond motifs is 1. The van der Waals surface area contributed by atoms with Gasteiger partial charge in [0, 0.05) is 18.8 Å². The first-order chi connectivity index (χ1) is 13.5. The Morgan fingerprint density at radius 3 is 2.71 bits per heavy atom. The molecule has 0 unspecified atom stereocenters. The molecule has 4 rings (SSSR count). The Bertz CT molecular complexity index is 1010. The van der Waals surface area contributed by atoms with Crippen LogP contribution in [-0.2, 0) is 4.74 Å². The van der Waals surface area contributed by atoms with Gasteiger partial charge in [0.25, 0.3) is 0 Å². The van der Waals surface area contributed by atoms with E-state index in [2.05, 4.69) is 35.2 Å². The molecule has 1 aliphatic heterocycles. The molecular formula is C21H24N4O3. The van der Waals surface area contributed by atoms with E-state index in [0.29, 0.717) is 49.4 Å². The summed E-state index contributed by atoms with van der Waals surface area (Å²) in [7, 11) is 0. The first kappa shape index (κ1) is 18.3. The Morgan fingerprint density at radius 1 is 1.25 bits per heavy atom. The van der Waals surface area contributed by atoms with Gasteiger partial charge < -0.3 is 25.0 Å². The van der Waals surface area contributed by atoms with Crippen LogP contribution in [0.3, 0.4) is 0 Å². The number of imidazole rings is 1. The molecule has 1 aromatic heterocycles. The Hall–Kier alpha value is -3.06. The van der Waals surface area contributed by atoms with E-state index in [0.717, 1.165) is 11.2 Å². The molecule has 2 heterocycles. The van der Waals surface area contributed by atoms with Gasteiger partial charge in [-0.3, -0.25) is 0 Å². The number of morpholine rings is 1. The zero-order valence-electron chi connectivity index (χ0n) is 16.0. The van der Waals surface area contributed by atoms with Crippen molar-refractivity contribution in [2.75, 3.05) is 36.5 Å². The van der Waals surface area contributed by atoms with Crippen molar-refractivity contribution < 1.29 is 14.6 Å². The van der Waals surface area contributed by atoms with Crippen LogP contribution in [0, 0.1) is 0 Å². The summed E-state index contributed by atoms with van der Waals surface area (Å²) in [5, 5.41) is 13.0. The summed E-state index contributed by atoms with van der Waals surface area (Å²) >= 11 is 0. The van der Waals surface area contributed by atoms with Crippen LogP contribution in [0.15, 0.2) is 36.4 Å². The number of H-pyrrole nitrogens is 1. The summed E-state index contributed by atoms with van der Waals surface area (Å²) < 4.78 is 5.39. The lowest BCUT2D eigenvalue weighted by Crippen LogP contribution is -2.37. The number of nitrogens with zero attached hydrogens (tertiary/aromatic N) is 2. The van der Waals surface area contributed by atoms with Gasteiger partial charge in [0.2, 0.25) is 5.95 Å². The Labute approximate surface area is 163 Å². The van der Waals surface area contributed by atoms with Crippen LogP contribution in [0.1, 0.15) is 35.7 Å². The number of nitrogens with one attached hydrogen (secondary N) is 2. The van der Waals surface area contributed by atoms with Crippen molar-refractivity contribution >= 4 is 34.3 Å². The third-order valence-corrected chi connectivity index (χ3v) is 5.02. The molecule has 1 saturated heterocycles. The van der Waals surface area contributed by atoms with Gasteiger partial charge in [-0.1, -0.05) is 32.0 Å². The quantitative estimate of drug-likeness (QED) is 0.621. The number of hydrogen-bond donors (Lipinski definition) is 3. The number of aromatic carboxylic acids is 1. The number of anilines is 3. The number of carbonyl (C=O) groups is 1. The lowest BCUT2D eigenvalue weighted by Gasteiger charge is -2.29. The lowest BCUT2D eigenvalue weighted by atomic mass is 10.0. The minimum Gasteiger partial charge on any atom is -0.478 e. The number of aromatic amines is 1. The van der Waals surface area contributed by atoms with Crippen LogP contribution in [0.25, 0.3) is 11.0 Å². The zero-order chi connectivity index (χ0) is 19.7. The van der Waals surface area contributed by atoms with E-state index >= 15 is 0 Å². The second-order valence-electron chi connectivity index (χ2n) is 7.24. The van der Waals surface area contributed by atoms with Gasteiger partial charge in [0.15, 0.2) is 0 Å². The van der Waals surface area contributed by atoms with Crippen molar-refractivity contribution in [2.45, 2.75) is 19.8 Å². The van der Waals surface area contributed by atoms with Crippen LogP contribution in [0.2, 0.25) is 0 Å². The first-order valence-corrected chi connectivity index (χ1v) is 9.48. The molecule has 0 amide bonds. The maximum Gasteiger partial charge on any atom is 0.337 e. The summed E-state index contributed by atoms with van der Waals surface area (Å²) in [6, 6.07) is 11.6.